The number of carbonyl (C=O) groups excluding carboxylic acids is 2. The van der Waals surface area contributed by atoms with Crippen molar-refractivity contribution in [1.29, 1.82) is 0 Å². The van der Waals surface area contributed by atoms with Crippen LogP contribution in [0.25, 0.3) is 0 Å². The van der Waals surface area contributed by atoms with Gasteiger partial charge in [0, 0.05) is 40.6 Å². The molecule has 0 saturated heterocycles. The molecule has 1 heterocycles. The van der Waals surface area contributed by atoms with Crippen LogP contribution in [0.2, 0.25) is 0 Å². The maximum Gasteiger partial charge on any atom is 0.254 e. The lowest BCUT2D eigenvalue weighted by Crippen LogP contribution is -2.37. The molecular weight excluding hydrogens is 476 g/mol. The van der Waals surface area contributed by atoms with Gasteiger partial charge in [-0.25, -0.2) is 0 Å². The molecule has 0 spiro atoms. The van der Waals surface area contributed by atoms with Gasteiger partial charge in [0.2, 0.25) is 0 Å². The van der Waals surface area contributed by atoms with Crippen molar-refractivity contribution >= 4 is 17.4 Å². The Bertz CT molecular complexity index is 1460. The van der Waals surface area contributed by atoms with Crippen LogP contribution in [0.15, 0.2) is 95.3 Å². The van der Waals surface area contributed by atoms with Gasteiger partial charge < -0.3 is 20.1 Å². The molecule has 38 heavy (non-hydrogen) atoms. The van der Waals surface area contributed by atoms with Crippen LogP contribution in [-0.4, -0.2) is 25.9 Å². The maximum absolute atomic E-state index is 13.9. The summed E-state index contributed by atoms with van der Waals surface area (Å²) in [6.45, 7) is 3.88. The second kappa shape index (κ2) is 10.6. The summed E-state index contributed by atoms with van der Waals surface area (Å²) in [6, 6.07) is 23.3. The van der Waals surface area contributed by atoms with Crippen LogP contribution < -0.4 is 20.1 Å². The lowest BCUT2D eigenvalue weighted by atomic mass is 9.71. The molecule has 2 aliphatic rings. The summed E-state index contributed by atoms with van der Waals surface area (Å²) in [5.74, 6) is 0.666. The second-order valence-corrected chi connectivity index (χ2v) is 9.81. The number of para-hydroxylation sites is 1. The molecule has 3 aromatic carbocycles. The molecule has 0 fully saturated rings. The summed E-state index contributed by atoms with van der Waals surface area (Å²) in [5, 5.41) is 6.53. The van der Waals surface area contributed by atoms with Gasteiger partial charge in [0.15, 0.2) is 17.3 Å². The maximum atomic E-state index is 13.9. The fourth-order valence-electron chi connectivity index (χ4n) is 5.56. The van der Waals surface area contributed by atoms with E-state index in [0.29, 0.717) is 35.5 Å². The first-order valence-corrected chi connectivity index (χ1v) is 12.8. The number of dihydropyridines is 1. The lowest BCUT2D eigenvalue weighted by Gasteiger charge is -2.37. The third kappa shape index (κ3) is 4.70. The summed E-state index contributed by atoms with van der Waals surface area (Å²) >= 11 is 0. The minimum atomic E-state index is -0.449. The number of methoxy groups -OCH3 is 2. The third-order valence-corrected chi connectivity index (χ3v) is 7.48. The molecule has 2 atom stereocenters. The molecule has 6 heteroatoms. The molecule has 3 aromatic rings. The van der Waals surface area contributed by atoms with Gasteiger partial charge in [-0.05, 0) is 61.1 Å². The number of anilines is 1. The smallest absolute Gasteiger partial charge is 0.254 e. The van der Waals surface area contributed by atoms with Gasteiger partial charge >= 0.3 is 0 Å². The molecule has 1 amide bonds. The Hall–Kier alpha value is -4.32. The molecule has 5 rings (SSSR count). The van der Waals surface area contributed by atoms with Crippen molar-refractivity contribution in [2.45, 2.75) is 38.5 Å². The molecule has 2 unspecified atom stereocenters. The summed E-state index contributed by atoms with van der Waals surface area (Å²) in [7, 11) is 3.22. The van der Waals surface area contributed by atoms with Crippen LogP contribution >= 0.6 is 0 Å². The minimum absolute atomic E-state index is 0.0138. The molecule has 1 aliphatic heterocycles. The first-order chi connectivity index (χ1) is 18.4. The first-order valence-electron chi connectivity index (χ1n) is 12.8. The largest absolute Gasteiger partial charge is 0.493 e. The van der Waals surface area contributed by atoms with E-state index in [9.17, 15) is 9.59 Å². The fourth-order valence-corrected chi connectivity index (χ4v) is 5.56. The molecule has 194 valence electrons. The zero-order chi connectivity index (χ0) is 26.8. The van der Waals surface area contributed by atoms with E-state index in [4.69, 9.17) is 9.47 Å². The topological polar surface area (TPSA) is 76.7 Å². The van der Waals surface area contributed by atoms with Crippen molar-refractivity contribution in [2.75, 3.05) is 19.5 Å². The number of ether oxygens (including phenoxy) is 2. The number of benzene rings is 3. The van der Waals surface area contributed by atoms with Gasteiger partial charge in [0.25, 0.3) is 5.91 Å². The molecule has 2 N–H and O–H groups in total. The minimum Gasteiger partial charge on any atom is -0.493 e. The van der Waals surface area contributed by atoms with Crippen LogP contribution in [0.1, 0.15) is 48.3 Å². The number of rotatable bonds is 6. The monoisotopic (exact) mass is 508 g/mol. The normalized spacial score (nSPS) is 19.0. The third-order valence-electron chi connectivity index (χ3n) is 7.48. The van der Waals surface area contributed by atoms with E-state index in [0.717, 1.165) is 33.8 Å². The van der Waals surface area contributed by atoms with E-state index < -0.39 is 5.92 Å². The first kappa shape index (κ1) is 25.3. The van der Waals surface area contributed by atoms with Crippen LogP contribution in [0, 0.1) is 6.92 Å². The van der Waals surface area contributed by atoms with Crippen LogP contribution in [0.3, 0.4) is 0 Å². The molecule has 0 bridgehead atoms. The van der Waals surface area contributed by atoms with Gasteiger partial charge in [-0.3, -0.25) is 9.59 Å². The molecule has 0 radical (unpaired) electrons. The van der Waals surface area contributed by atoms with Crippen molar-refractivity contribution in [2.24, 2.45) is 0 Å². The second-order valence-electron chi connectivity index (χ2n) is 9.81. The zero-order valence-electron chi connectivity index (χ0n) is 22.1. The quantitative estimate of drug-likeness (QED) is 0.426. The predicted octanol–water partition coefficient (Wildman–Crippen LogP) is 6.01. The van der Waals surface area contributed by atoms with Gasteiger partial charge in [-0.2, -0.15) is 0 Å². The highest BCUT2D eigenvalue weighted by molar-refractivity contribution is 6.10. The average Bonchev–Trinajstić information content (AvgIpc) is 2.93. The van der Waals surface area contributed by atoms with Crippen LogP contribution in [-0.2, 0) is 9.59 Å². The van der Waals surface area contributed by atoms with E-state index in [1.54, 1.807) is 14.2 Å². The molecule has 0 saturated carbocycles. The number of ketones is 1. The highest BCUT2D eigenvalue weighted by atomic mass is 16.5. The summed E-state index contributed by atoms with van der Waals surface area (Å²) < 4.78 is 10.9. The van der Waals surface area contributed by atoms with Gasteiger partial charge in [0.1, 0.15) is 0 Å². The van der Waals surface area contributed by atoms with Crippen molar-refractivity contribution in [3.63, 3.8) is 0 Å². The molecular formula is C32H32N2O4. The number of allylic oxidation sites excluding steroid dienone is 3. The molecule has 0 aromatic heterocycles. The molecule has 6 nitrogen and oxygen atoms in total. The van der Waals surface area contributed by atoms with Crippen LogP contribution in [0.4, 0.5) is 5.69 Å². The highest BCUT2D eigenvalue weighted by Gasteiger charge is 2.41. The summed E-state index contributed by atoms with van der Waals surface area (Å²) in [6.07, 6.45) is 1.01. The number of carbonyl (C=O) groups is 2. The Balaban J connectivity index is 1.53. The highest BCUT2D eigenvalue weighted by Crippen LogP contribution is 2.46. The van der Waals surface area contributed by atoms with Crippen molar-refractivity contribution < 1.29 is 19.1 Å². The van der Waals surface area contributed by atoms with Gasteiger partial charge in [-0.1, -0.05) is 54.6 Å². The SMILES string of the molecule is COc1ccc(C2CC(=O)C3=C(C2)NC(C)=C(C(=O)Nc2ccccc2C)C3c2ccccc2)cc1OC. The van der Waals surface area contributed by atoms with E-state index >= 15 is 0 Å². The van der Waals surface area contributed by atoms with Crippen molar-refractivity contribution in [1.82, 2.24) is 5.32 Å². The lowest BCUT2D eigenvalue weighted by molar-refractivity contribution is -0.116. The van der Waals surface area contributed by atoms with Gasteiger partial charge in [-0.15, -0.1) is 0 Å². The number of amides is 1. The van der Waals surface area contributed by atoms with E-state index in [-0.39, 0.29) is 17.6 Å². The van der Waals surface area contributed by atoms with Crippen molar-refractivity contribution in [3.8, 4) is 11.5 Å². The number of hydrogen-bond acceptors (Lipinski definition) is 5. The van der Waals surface area contributed by atoms with E-state index in [2.05, 4.69) is 10.6 Å². The van der Waals surface area contributed by atoms with E-state index in [1.807, 2.05) is 86.6 Å². The Kier molecular flexibility index (Phi) is 7.05. The van der Waals surface area contributed by atoms with Crippen molar-refractivity contribution in [3.05, 3.63) is 112 Å². The molecule has 1 aliphatic carbocycles. The van der Waals surface area contributed by atoms with Gasteiger partial charge in [0.05, 0.1) is 14.2 Å². The fraction of sp³-hybridized carbons (Fsp3) is 0.250. The summed E-state index contributed by atoms with van der Waals surface area (Å²) in [5.41, 5.74) is 6.55. The number of aryl methyl sites for hydroxylation is 1. The Morgan fingerprint density at radius 1 is 0.868 bits per heavy atom. The number of nitrogens with one attached hydrogen (secondary N) is 2. The number of hydrogen-bond donors (Lipinski definition) is 2. The average molecular weight is 509 g/mol. The zero-order valence-corrected chi connectivity index (χ0v) is 22.1. The van der Waals surface area contributed by atoms with Crippen LogP contribution in [0.5, 0.6) is 11.5 Å². The number of Topliss-reactive ketones (excluding diaryl/α,β-unsaturated/α-hetero) is 1. The Labute approximate surface area is 223 Å². The van der Waals surface area contributed by atoms with E-state index in [1.165, 1.54) is 0 Å². The Morgan fingerprint density at radius 2 is 1.58 bits per heavy atom. The predicted molar refractivity (Wildman–Crippen MR) is 148 cm³/mol. The Morgan fingerprint density at radius 3 is 2.29 bits per heavy atom. The standard InChI is InChI=1S/C32H32N2O4/c1-19-10-8-9-13-24(19)34-32(36)29-20(2)33-25-16-23(22-14-15-27(37-3)28(18-22)38-4)17-26(35)31(25)30(29)21-11-6-5-7-12-21/h5-15,18,23,30,33H,16-17H2,1-4H3,(H,34,36). The summed E-state index contributed by atoms with van der Waals surface area (Å²) in [4.78, 5) is 27.6.